The van der Waals surface area contributed by atoms with Crippen LogP contribution in [0.3, 0.4) is 0 Å². The summed E-state index contributed by atoms with van der Waals surface area (Å²) in [5.41, 5.74) is 1.01. The van der Waals surface area contributed by atoms with E-state index >= 15 is 0 Å². The molecule has 2 aromatic rings. The van der Waals surface area contributed by atoms with Gasteiger partial charge in [0.05, 0.1) is 0 Å². The van der Waals surface area contributed by atoms with Crippen molar-refractivity contribution in [2.24, 2.45) is 0 Å². The van der Waals surface area contributed by atoms with Gasteiger partial charge in [0, 0.05) is 32.7 Å². The Morgan fingerprint density at radius 2 is 1.48 bits per heavy atom. The zero-order valence-corrected chi connectivity index (χ0v) is 17.2. The summed E-state index contributed by atoms with van der Waals surface area (Å²) in [5, 5.41) is 3.63. The average Bonchev–Trinajstić information content (AvgIpc) is 3.08. The van der Waals surface area contributed by atoms with Gasteiger partial charge in [0.2, 0.25) is 6.09 Å². The van der Waals surface area contributed by atoms with Gasteiger partial charge in [-0.25, -0.2) is 0 Å². The zero-order valence-electron chi connectivity index (χ0n) is 14.4. The van der Waals surface area contributed by atoms with Crippen molar-refractivity contribution in [3.8, 4) is 0 Å². The van der Waals surface area contributed by atoms with Gasteiger partial charge in [-0.15, -0.1) is 0 Å². The molecule has 1 radical (unpaired) electrons. The average molecular weight is 388 g/mol. The number of benzene rings is 2. The molecule has 1 unspecified atom stereocenters. The molecule has 123 valence electrons. The Kier molecular flexibility index (Phi) is 18.0. The van der Waals surface area contributed by atoms with Crippen LogP contribution in [0.15, 0.2) is 60.7 Å². The molecule has 0 aliphatic carbocycles. The van der Waals surface area contributed by atoms with Crippen LogP contribution in [-0.2, 0) is 37.4 Å². The Hall–Kier alpha value is -1.19. The summed E-state index contributed by atoms with van der Waals surface area (Å²) in [6.45, 7) is 8.45. The normalized spacial score (nSPS) is 13.9. The summed E-state index contributed by atoms with van der Waals surface area (Å²) < 4.78 is 4.94. The largest absolute Gasteiger partial charge is 0.614 e. The van der Waals surface area contributed by atoms with Crippen LogP contribution >= 0.6 is 0 Å². The second kappa shape index (κ2) is 17.2. The summed E-state index contributed by atoms with van der Waals surface area (Å²) in [7, 11) is 0. The number of cyclic esters (lactones) is 1. The van der Waals surface area contributed by atoms with Crippen LogP contribution in [0.25, 0.3) is 5.32 Å². The first-order valence-electron chi connectivity index (χ1n) is 7.70. The number of hydrogen-bond donors (Lipinski definition) is 0. The van der Waals surface area contributed by atoms with Gasteiger partial charge in [-0.2, -0.15) is 36.4 Å². The molecule has 3 rings (SSSR count). The van der Waals surface area contributed by atoms with Crippen molar-refractivity contribution in [3.05, 3.63) is 77.6 Å². The molecule has 1 heterocycles. The van der Waals surface area contributed by atoms with E-state index in [0.29, 0.717) is 6.54 Å². The smallest absolute Gasteiger partial charge is 0.230 e. The second-order valence-electron chi connectivity index (χ2n) is 3.70. The number of amides is 1. The quantitative estimate of drug-likeness (QED) is 0.581. The maximum atomic E-state index is 10.6. The Labute approximate surface area is 165 Å². The van der Waals surface area contributed by atoms with Gasteiger partial charge in [0.1, 0.15) is 6.10 Å². The van der Waals surface area contributed by atoms with Crippen molar-refractivity contribution in [3.63, 3.8) is 0 Å². The van der Waals surface area contributed by atoms with Gasteiger partial charge < -0.3 is 10.1 Å². The van der Waals surface area contributed by atoms with Gasteiger partial charge in [-0.3, -0.25) is 4.79 Å². The topological polar surface area (TPSA) is 40.4 Å². The van der Waals surface area contributed by atoms with Crippen molar-refractivity contribution in [1.82, 2.24) is 0 Å². The molecule has 1 amide bonds. The molecule has 1 saturated heterocycles. The summed E-state index contributed by atoms with van der Waals surface area (Å²) in [6, 6.07) is 22.1. The number of rotatable bonds is 1. The van der Waals surface area contributed by atoms with Gasteiger partial charge in [0.15, 0.2) is 0 Å². The number of carbonyl (C=O) groups excluding carboxylic acids is 1. The van der Waals surface area contributed by atoms with Crippen molar-refractivity contribution < 1.29 is 42.2 Å². The monoisotopic (exact) mass is 388 g/mol. The molecule has 3 nitrogen and oxygen atoms in total. The minimum absolute atomic E-state index is 0. The fourth-order valence-corrected chi connectivity index (χ4v) is 1.54. The third kappa shape index (κ3) is 11.1. The van der Waals surface area contributed by atoms with E-state index in [1.807, 2.05) is 88.4 Å². The van der Waals surface area contributed by atoms with Crippen LogP contribution in [0, 0.1) is 6.07 Å². The molecule has 2 aromatic carbocycles. The molecule has 1 aliphatic heterocycles. The molecule has 0 N–H and O–H groups in total. The number of carbonyl (C=O) groups is 1. The predicted molar refractivity (Wildman–Crippen MR) is 91.9 cm³/mol. The van der Waals surface area contributed by atoms with Crippen LogP contribution in [0.1, 0.15) is 39.4 Å². The third-order valence-corrected chi connectivity index (χ3v) is 2.41. The molecule has 1 aliphatic rings. The van der Waals surface area contributed by atoms with E-state index in [4.69, 9.17) is 4.74 Å². The molecule has 0 saturated carbocycles. The Bertz CT molecular complexity index is 451. The van der Waals surface area contributed by atoms with Gasteiger partial charge in [0.25, 0.3) is 0 Å². The number of hydrogen-bond acceptors (Lipinski definition) is 2. The fraction of sp³-hybridized carbons (Fsp3) is 0.316. The molecule has 1 fully saturated rings. The summed E-state index contributed by atoms with van der Waals surface area (Å²) in [4.78, 5) is 10.6. The first-order valence-corrected chi connectivity index (χ1v) is 7.70. The Balaban J connectivity index is 0. The molecule has 23 heavy (non-hydrogen) atoms. The summed E-state index contributed by atoms with van der Waals surface area (Å²) >= 11 is 0. The molecular formula is C19H25NO2Y-2. The summed E-state index contributed by atoms with van der Waals surface area (Å²) in [5.74, 6) is 0. The maximum absolute atomic E-state index is 10.6. The first-order chi connectivity index (χ1) is 10.9. The van der Waals surface area contributed by atoms with Crippen LogP contribution in [-0.4, -0.2) is 12.6 Å². The third-order valence-electron chi connectivity index (χ3n) is 2.41. The summed E-state index contributed by atoms with van der Waals surface area (Å²) in [6.07, 6.45) is -0.623. The van der Waals surface area contributed by atoms with E-state index < -0.39 is 6.09 Å². The Morgan fingerprint density at radius 3 is 1.83 bits per heavy atom. The van der Waals surface area contributed by atoms with Gasteiger partial charge >= 0.3 is 0 Å². The molecular weight excluding hydrogens is 363 g/mol. The van der Waals surface area contributed by atoms with E-state index in [-0.39, 0.29) is 38.8 Å². The van der Waals surface area contributed by atoms with Crippen molar-refractivity contribution in [2.45, 2.75) is 33.8 Å². The maximum Gasteiger partial charge on any atom is 0.230 e. The van der Waals surface area contributed by atoms with E-state index in [2.05, 4.69) is 11.4 Å². The van der Waals surface area contributed by atoms with Crippen molar-refractivity contribution in [2.75, 3.05) is 6.54 Å². The molecule has 0 spiro atoms. The van der Waals surface area contributed by atoms with Gasteiger partial charge in [-0.1, -0.05) is 64.6 Å². The van der Waals surface area contributed by atoms with Crippen LogP contribution in [0.5, 0.6) is 0 Å². The second-order valence-corrected chi connectivity index (χ2v) is 3.70. The van der Waals surface area contributed by atoms with E-state index in [9.17, 15) is 4.79 Å². The standard InChI is InChI=1S/C9H9NO2.C6H5.2C2H6.Y/c11-9-10-6-8(12-9)7-4-2-1-3-5-7;1-2-4-6-5-3-1;2*1-2;/h1-5,8H,6H2,(H,10,11);1-5H;2*1-2H3;/q;-1;;;/p-1. The van der Waals surface area contributed by atoms with E-state index in [1.54, 1.807) is 0 Å². The van der Waals surface area contributed by atoms with Crippen molar-refractivity contribution >= 4 is 6.09 Å². The SMILES string of the molecule is CC.CC.O=C1[N-]CC(c2ccccc2)O1.[Y].[c-]1ccccc1. The van der Waals surface area contributed by atoms with E-state index in [1.165, 1.54) is 0 Å². The van der Waals surface area contributed by atoms with Crippen LogP contribution in [0.2, 0.25) is 0 Å². The predicted octanol–water partition coefficient (Wildman–Crippen LogP) is 5.79. The first kappa shape index (κ1) is 24.1. The minimum atomic E-state index is -0.455. The molecule has 4 heteroatoms. The van der Waals surface area contributed by atoms with Crippen molar-refractivity contribution in [1.29, 1.82) is 0 Å². The zero-order chi connectivity index (χ0) is 16.6. The molecule has 0 aromatic heterocycles. The van der Waals surface area contributed by atoms with Crippen LogP contribution in [0.4, 0.5) is 4.79 Å². The van der Waals surface area contributed by atoms with Gasteiger partial charge in [-0.05, 0) is 5.56 Å². The minimum Gasteiger partial charge on any atom is -0.614 e. The van der Waals surface area contributed by atoms with Crippen LogP contribution < -0.4 is 0 Å². The number of ether oxygens (including phenoxy) is 1. The van der Waals surface area contributed by atoms with E-state index in [0.717, 1.165) is 5.56 Å². The Morgan fingerprint density at radius 1 is 0.957 bits per heavy atom. The molecule has 0 bridgehead atoms. The number of nitrogens with zero attached hydrogens (tertiary/aromatic N) is 1. The molecule has 1 atom stereocenters. The fourth-order valence-electron chi connectivity index (χ4n) is 1.54.